The van der Waals surface area contributed by atoms with E-state index in [1.54, 1.807) is 0 Å². The molecule has 3 heteroatoms. The molecule has 1 amide bonds. The van der Waals surface area contributed by atoms with E-state index in [9.17, 15) is 4.79 Å². The van der Waals surface area contributed by atoms with E-state index in [4.69, 9.17) is 4.74 Å². The molecule has 0 spiro atoms. The molecule has 0 saturated heterocycles. The third kappa shape index (κ3) is 3.48. The molecule has 1 aromatic rings. The van der Waals surface area contributed by atoms with E-state index in [0.717, 1.165) is 24.2 Å². The number of ether oxygens (including phenoxy) is 1. The van der Waals surface area contributed by atoms with Gasteiger partial charge in [0.15, 0.2) is 0 Å². The number of carbonyl (C=O) groups is 1. The first-order valence-electron chi connectivity index (χ1n) is 6.14. The molecule has 0 heterocycles. The summed E-state index contributed by atoms with van der Waals surface area (Å²) >= 11 is 0. The highest BCUT2D eigenvalue weighted by atomic mass is 16.5. The number of benzene rings is 1. The lowest BCUT2D eigenvalue weighted by atomic mass is 10.1. The van der Waals surface area contributed by atoms with Crippen molar-refractivity contribution in [1.82, 2.24) is 5.32 Å². The van der Waals surface area contributed by atoms with E-state index in [1.165, 1.54) is 5.56 Å². The van der Waals surface area contributed by atoms with Crippen LogP contribution in [-0.4, -0.2) is 19.1 Å². The second-order valence-electron chi connectivity index (χ2n) is 4.68. The summed E-state index contributed by atoms with van der Waals surface area (Å²) in [5, 5.41) is 2.88. The van der Waals surface area contributed by atoms with Crippen LogP contribution in [0.3, 0.4) is 0 Å². The minimum atomic E-state index is 0.176. The van der Waals surface area contributed by atoms with Crippen molar-refractivity contribution in [1.29, 1.82) is 0 Å². The predicted octanol–water partition coefficient (Wildman–Crippen LogP) is 2.21. The number of hydrogen-bond donors (Lipinski definition) is 1. The Labute approximate surface area is 102 Å². The van der Waals surface area contributed by atoms with Gasteiger partial charge >= 0.3 is 0 Å². The second kappa shape index (κ2) is 5.21. The zero-order valence-electron chi connectivity index (χ0n) is 10.5. The zero-order valence-corrected chi connectivity index (χ0v) is 10.5. The third-order valence-corrected chi connectivity index (χ3v) is 2.95. The topological polar surface area (TPSA) is 38.3 Å². The van der Waals surface area contributed by atoms with Gasteiger partial charge in [-0.2, -0.15) is 0 Å². The molecule has 1 aromatic carbocycles. The maximum Gasteiger partial charge on any atom is 0.223 e. The van der Waals surface area contributed by atoms with Crippen LogP contribution in [0.25, 0.3) is 0 Å². The molecular formula is C14H19NO2. The van der Waals surface area contributed by atoms with E-state index >= 15 is 0 Å². The fourth-order valence-electron chi connectivity index (χ4n) is 1.69. The van der Waals surface area contributed by atoms with Gasteiger partial charge in [0.1, 0.15) is 12.4 Å². The molecule has 1 fully saturated rings. The SMILES string of the molecule is Cc1ccc(C)c(OCCNC(=O)C2CC2)c1. The highest BCUT2D eigenvalue weighted by Crippen LogP contribution is 2.28. The van der Waals surface area contributed by atoms with Gasteiger partial charge < -0.3 is 10.1 Å². The van der Waals surface area contributed by atoms with Crippen molar-refractivity contribution in [2.75, 3.05) is 13.2 Å². The molecular weight excluding hydrogens is 214 g/mol. The number of carbonyl (C=O) groups excluding carboxylic acids is 1. The van der Waals surface area contributed by atoms with E-state index < -0.39 is 0 Å². The molecule has 1 aliphatic rings. The fourth-order valence-corrected chi connectivity index (χ4v) is 1.69. The number of hydrogen-bond acceptors (Lipinski definition) is 2. The average Bonchev–Trinajstić information content (AvgIpc) is 3.12. The first-order valence-corrected chi connectivity index (χ1v) is 6.14. The van der Waals surface area contributed by atoms with Crippen molar-refractivity contribution in [3.05, 3.63) is 29.3 Å². The Bertz CT molecular complexity index is 411. The average molecular weight is 233 g/mol. The molecule has 17 heavy (non-hydrogen) atoms. The van der Waals surface area contributed by atoms with Gasteiger partial charge in [-0.15, -0.1) is 0 Å². The lowest BCUT2D eigenvalue weighted by Crippen LogP contribution is -2.29. The predicted molar refractivity (Wildman–Crippen MR) is 67.1 cm³/mol. The molecule has 0 aromatic heterocycles. The van der Waals surface area contributed by atoms with E-state index in [0.29, 0.717) is 13.2 Å². The maximum atomic E-state index is 11.4. The number of rotatable bonds is 5. The quantitative estimate of drug-likeness (QED) is 0.792. The summed E-state index contributed by atoms with van der Waals surface area (Å²) in [6.45, 7) is 5.18. The van der Waals surface area contributed by atoms with Crippen LogP contribution in [0.5, 0.6) is 5.75 Å². The normalized spacial score (nSPS) is 14.5. The standard InChI is InChI=1S/C14H19NO2/c1-10-3-4-11(2)13(9-10)17-8-7-15-14(16)12-5-6-12/h3-4,9,12H,5-8H2,1-2H3,(H,15,16). The highest BCUT2D eigenvalue weighted by Gasteiger charge is 2.28. The molecule has 0 aliphatic heterocycles. The molecule has 0 radical (unpaired) electrons. The number of amides is 1. The molecule has 0 bridgehead atoms. The molecule has 92 valence electrons. The van der Waals surface area contributed by atoms with Crippen LogP contribution in [0.1, 0.15) is 24.0 Å². The Morgan fingerprint density at radius 3 is 2.88 bits per heavy atom. The van der Waals surface area contributed by atoms with Gasteiger partial charge in [-0.3, -0.25) is 4.79 Å². The Balaban J connectivity index is 1.73. The van der Waals surface area contributed by atoms with Gasteiger partial charge in [0.2, 0.25) is 5.91 Å². The monoisotopic (exact) mass is 233 g/mol. The molecule has 1 N–H and O–H groups in total. The van der Waals surface area contributed by atoms with Crippen LogP contribution in [-0.2, 0) is 4.79 Å². The number of nitrogens with one attached hydrogen (secondary N) is 1. The molecule has 2 rings (SSSR count). The summed E-state index contributed by atoms with van der Waals surface area (Å²) in [7, 11) is 0. The Kier molecular flexibility index (Phi) is 3.67. The van der Waals surface area contributed by atoms with Gasteiger partial charge in [-0.1, -0.05) is 12.1 Å². The van der Waals surface area contributed by atoms with E-state index in [2.05, 4.69) is 11.4 Å². The van der Waals surface area contributed by atoms with Crippen LogP contribution in [0.15, 0.2) is 18.2 Å². The summed E-state index contributed by atoms with van der Waals surface area (Å²) in [5.74, 6) is 1.36. The van der Waals surface area contributed by atoms with Gasteiger partial charge in [-0.25, -0.2) is 0 Å². The van der Waals surface area contributed by atoms with Crippen molar-refractivity contribution in [2.24, 2.45) is 5.92 Å². The van der Waals surface area contributed by atoms with Gasteiger partial charge in [0.25, 0.3) is 0 Å². The zero-order chi connectivity index (χ0) is 12.3. The van der Waals surface area contributed by atoms with Crippen molar-refractivity contribution in [2.45, 2.75) is 26.7 Å². The van der Waals surface area contributed by atoms with Gasteiger partial charge in [-0.05, 0) is 43.9 Å². The highest BCUT2D eigenvalue weighted by molar-refractivity contribution is 5.80. The Morgan fingerprint density at radius 2 is 2.18 bits per heavy atom. The fraction of sp³-hybridized carbons (Fsp3) is 0.500. The van der Waals surface area contributed by atoms with Gasteiger partial charge in [0, 0.05) is 5.92 Å². The smallest absolute Gasteiger partial charge is 0.223 e. The summed E-state index contributed by atoms with van der Waals surface area (Å²) < 4.78 is 5.65. The van der Waals surface area contributed by atoms with Crippen molar-refractivity contribution < 1.29 is 9.53 Å². The molecule has 1 saturated carbocycles. The van der Waals surface area contributed by atoms with Crippen molar-refractivity contribution >= 4 is 5.91 Å². The van der Waals surface area contributed by atoms with Gasteiger partial charge in [0.05, 0.1) is 6.54 Å². The minimum Gasteiger partial charge on any atom is -0.491 e. The van der Waals surface area contributed by atoms with Crippen LogP contribution in [0.2, 0.25) is 0 Å². The van der Waals surface area contributed by atoms with Crippen LogP contribution in [0, 0.1) is 19.8 Å². The lowest BCUT2D eigenvalue weighted by Gasteiger charge is -2.10. The Hall–Kier alpha value is -1.51. The second-order valence-corrected chi connectivity index (χ2v) is 4.68. The Morgan fingerprint density at radius 1 is 1.41 bits per heavy atom. The summed E-state index contributed by atoms with van der Waals surface area (Å²) in [6, 6.07) is 6.14. The molecule has 0 unspecified atom stereocenters. The summed E-state index contributed by atoms with van der Waals surface area (Å²) in [5.41, 5.74) is 2.32. The van der Waals surface area contributed by atoms with E-state index in [1.807, 2.05) is 26.0 Å². The van der Waals surface area contributed by atoms with Crippen LogP contribution in [0.4, 0.5) is 0 Å². The maximum absolute atomic E-state index is 11.4. The molecule has 3 nitrogen and oxygen atoms in total. The van der Waals surface area contributed by atoms with E-state index in [-0.39, 0.29) is 11.8 Å². The first kappa shape index (κ1) is 12.0. The first-order chi connectivity index (χ1) is 8.16. The largest absolute Gasteiger partial charge is 0.491 e. The lowest BCUT2D eigenvalue weighted by molar-refractivity contribution is -0.122. The van der Waals surface area contributed by atoms with Crippen LogP contribution < -0.4 is 10.1 Å². The summed E-state index contributed by atoms with van der Waals surface area (Å²) in [6.07, 6.45) is 2.09. The molecule has 1 aliphatic carbocycles. The third-order valence-electron chi connectivity index (χ3n) is 2.95. The molecule has 0 atom stereocenters. The van der Waals surface area contributed by atoms with Crippen LogP contribution >= 0.6 is 0 Å². The number of aryl methyl sites for hydroxylation is 2. The van der Waals surface area contributed by atoms with Crippen molar-refractivity contribution in [3.8, 4) is 5.75 Å². The summed E-state index contributed by atoms with van der Waals surface area (Å²) in [4.78, 5) is 11.4. The minimum absolute atomic E-state index is 0.176. The van der Waals surface area contributed by atoms with Crippen molar-refractivity contribution in [3.63, 3.8) is 0 Å².